The molecule has 0 spiro atoms. The molecule has 0 saturated carbocycles. The Morgan fingerprint density at radius 2 is 2.10 bits per heavy atom. The van der Waals surface area contributed by atoms with Crippen molar-refractivity contribution in [1.29, 1.82) is 0 Å². The lowest BCUT2D eigenvalue weighted by atomic mass is 10.0. The van der Waals surface area contributed by atoms with E-state index in [1.165, 1.54) is 12.1 Å². The number of aliphatic hydroxyl groups is 1. The largest absolute Gasteiger partial charge is 0.573 e. The lowest BCUT2D eigenvalue weighted by molar-refractivity contribution is -0.274. The van der Waals surface area contributed by atoms with Gasteiger partial charge in [0.1, 0.15) is 5.75 Å². The number of halogens is 3. The maximum Gasteiger partial charge on any atom is 0.573 e. The summed E-state index contributed by atoms with van der Waals surface area (Å²) in [5.74, 6) is -0.876. The molecule has 1 aromatic carbocycles. The Labute approximate surface area is 114 Å². The fourth-order valence-electron chi connectivity index (χ4n) is 1.57. The molecular weight excluding hydrogens is 277 g/mol. The molecule has 0 aliphatic carbocycles. The monoisotopic (exact) mass is 292 g/mol. The van der Waals surface area contributed by atoms with Crippen molar-refractivity contribution in [3.05, 3.63) is 29.8 Å². The van der Waals surface area contributed by atoms with Crippen LogP contribution in [0.3, 0.4) is 0 Å². The van der Waals surface area contributed by atoms with Crippen LogP contribution in [0, 0.1) is 0 Å². The van der Waals surface area contributed by atoms with Crippen LogP contribution in [-0.4, -0.2) is 24.0 Å². The number of hydrogen-bond acceptors (Lipinski definition) is 4. The number of aliphatic hydroxyl groups excluding tert-OH is 1. The number of ether oxygens (including phenoxy) is 2. The summed E-state index contributed by atoms with van der Waals surface area (Å²) in [7, 11) is 0. The van der Waals surface area contributed by atoms with Crippen molar-refractivity contribution in [2.24, 2.45) is 0 Å². The van der Waals surface area contributed by atoms with Gasteiger partial charge >= 0.3 is 12.3 Å². The summed E-state index contributed by atoms with van der Waals surface area (Å²) in [6.07, 6.45) is -5.79. The van der Waals surface area contributed by atoms with Crippen molar-refractivity contribution >= 4 is 5.97 Å². The first-order valence-electron chi connectivity index (χ1n) is 6.01. The molecule has 1 N–H and O–H groups in total. The van der Waals surface area contributed by atoms with E-state index in [9.17, 15) is 23.1 Å². The van der Waals surface area contributed by atoms with Crippen LogP contribution in [0.5, 0.6) is 5.75 Å². The zero-order valence-electron chi connectivity index (χ0n) is 10.8. The highest BCUT2D eigenvalue weighted by molar-refractivity contribution is 5.69. The minimum atomic E-state index is -4.78. The topological polar surface area (TPSA) is 55.8 Å². The summed E-state index contributed by atoms with van der Waals surface area (Å²) in [5, 5.41) is 9.82. The van der Waals surface area contributed by atoms with Crippen molar-refractivity contribution in [3.63, 3.8) is 0 Å². The van der Waals surface area contributed by atoms with Gasteiger partial charge in [-0.3, -0.25) is 4.79 Å². The van der Waals surface area contributed by atoms with Gasteiger partial charge < -0.3 is 14.6 Å². The van der Waals surface area contributed by atoms with Crippen LogP contribution in [0.25, 0.3) is 0 Å². The second kappa shape index (κ2) is 7.14. The Morgan fingerprint density at radius 1 is 1.40 bits per heavy atom. The minimum Gasteiger partial charge on any atom is -0.466 e. The first-order valence-corrected chi connectivity index (χ1v) is 6.01. The minimum absolute atomic E-state index is 0.0145. The Balaban J connectivity index is 2.62. The summed E-state index contributed by atoms with van der Waals surface area (Å²) in [4.78, 5) is 11.1. The second-order valence-electron chi connectivity index (χ2n) is 3.98. The number of carbonyl (C=O) groups excluding carboxylic acids is 1. The molecule has 20 heavy (non-hydrogen) atoms. The summed E-state index contributed by atoms with van der Waals surface area (Å²) in [6, 6.07) is 5.02. The molecule has 0 saturated heterocycles. The third-order valence-electron chi connectivity index (χ3n) is 2.40. The number of alkyl halides is 3. The van der Waals surface area contributed by atoms with Gasteiger partial charge in [0, 0.05) is 6.42 Å². The van der Waals surface area contributed by atoms with Gasteiger partial charge in [-0.05, 0) is 31.0 Å². The van der Waals surface area contributed by atoms with Crippen LogP contribution in [0.1, 0.15) is 31.4 Å². The van der Waals surface area contributed by atoms with E-state index in [0.717, 1.165) is 12.1 Å². The zero-order chi connectivity index (χ0) is 15.2. The number of carbonyl (C=O) groups is 1. The average molecular weight is 292 g/mol. The number of esters is 1. The van der Waals surface area contributed by atoms with E-state index in [1.807, 2.05) is 0 Å². The van der Waals surface area contributed by atoms with Gasteiger partial charge in [-0.15, -0.1) is 13.2 Å². The van der Waals surface area contributed by atoms with Gasteiger partial charge in [-0.2, -0.15) is 0 Å². The van der Waals surface area contributed by atoms with E-state index in [2.05, 4.69) is 4.74 Å². The third-order valence-corrected chi connectivity index (χ3v) is 2.40. The van der Waals surface area contributed by atoms with E-state index in [-0.39, 0.29) is 25.0 Å². The van der Waals surface area contributed by atoms with Crippen molar-refractivity contribution < 1.29 is 32.5 Å². The van der Waals surface area contributed by atoms with Gasteiger partial charge in [0.2, 0.25) is 0 Å². The van der Waals surface area contributed by atoms with E-state index < -0.39 is 24.2 Å². The molecule has 0 fully saturated rings. The Hall–Kier alpha value is -1.76. The highest BCUT2D eigenvalue weighted by Gasteiger charge is 2.31. The number of hydrogen-bond donors (Lipinski definition) is 1. The molecule has 1 aromatic rings. The summed E-state index contributed by atoms with van der Waals surface area (Å²) >= 11 is 0. The van der Waals surface area contributed by atoms with Crippen molar-refractivity contribution in [3.8, 4) is 5.75 Å². The van der Waals surface area contributed by atoms with E-state index in [0.29, 0.717) is 0 Å². The van der Waals surface area contributed by atoms with Gasteiger partial charge in [-0.25, -0.2) is 0 Å². The molecule has 0 aliphatic rings. The highest BCUT2D eigenvalue weighted by atomic mass is 19.4. The Kier molecular flexibility index (Phi) is 5.82. The van der Waals surface area contributed by atoms with Crippen LogP contribution < -0.4 is 4.74 Å². The zero-order valence-corrected chi connectivity index (χ0v) is 10.8. The first kappa shape index (κ1) is 16.3. The van der Waals surface area contributed by atoms with Gasteiger partial charge in [-0.1, -0.05) is 12.1 Å². The van der Waals surface area contributed by atoms with Gasteiger partial charge in [0.05, 0.1) is 12.7 Å². The lowest BCUT2D eigenvalue weighted by Crippen LogP contribution is -2.17. The molecule has 1 atom stereocenters. The molecule has 0 heterocycles. The molecule has 0 bridgehead atoms. The van der Waals surface area contributed by atoms with Crippen LogP contribution >= 0.6 is 0 Å². The van der Waals surface area contributed by atoms with Gasteiger partial charge in [0.15, 0.2) is 0 Å². The second-order valence-corrected chi connectivity index (χ2v) is 3.98. The number of rotatable bonds is 6. The quantitative estimate of drug-likeness (QED) is 0.819. The standard InChI is InChI=1S/C13H15F3O4/c1-2-19-12(18)7-6-11(17)9-4-3-5-10(8-9)20-13(14,15)16/h3-5,8,11,17H,2,6-7H2,1H3. The van der Waals surface area contributed by atoms with Crippen LogP contribution in [0.15, 0.2) is 24.3 Å². The fraction of sp³-hybridized carbons (Fsp3) is 0.462. The molecule has 7 heteroatoms. The number of benzene rings is 1. The molecule has 0 amide bonds. The van der Waals surface area contributed by atoms with E-state index >= 15 is 0 Å². The molecule has 0 radical (unpaired) electrons. The lowest BCUT2D eigenvalue weighted by Gasteiger charge is -2.13. The highest BCUT2D eigenvalue weighted by Crippen LogP contribution is 2.27. The first-order chi connectivity index (χ1) is 9.31. The normalized spacial score (nSPS) is 12.8. The van der Waals surface area contributed by atoms with Crippen LogP contribution in [-0.2, 0) is 9.53 Å². The molecule has 4 nitrogen and oxygen atoms in total. The summed E-state index contributed by atoms with van der Waals surface area (Å²) in [6.45, 7) is 1.90. The third kappa shape index (κ3) is 5.92. The smallest absolute Gasteiger partial charge is 0.466 e. The molecular formula is C13H15F3O4. The van der Waals surface area contributed by atoms with E-state index in [1.54, 1.807) is 6.92 Å². The van der Waals surface area contributed by atoms with Crippen LogP contribution in [0.2, 0.25) is 0 Å². The summed E-state index contributed by atoms with van der Waals surface area (Å²) in [5.41, 5.74) is 0.246. The van der Waals surface area contributed by atoms with Crippen molar-refractivity contribution in [2.75, 3.05) is 6.61 Å². The molecule has 1 unspecified atom stereocenters. The summed E-state index contributed by atoms with van der Waals surface area (Å²) < 4.78 is 44.6. The SMILES string of the molecule is CCOC(=O)CCC(O)c1cccc(OC(F)(F)F)c1. The molecule has 0 aromatic heterocycles. The molecule has 0 aliphatic heterocycles. The van der Waals surface area contributed by atoms with Gasteiger partial charge in [0.25, 0.3) is 0 Å². The van der Waals surface area contributed by atoms with Crippen LogP contribution in [0.4, 0.5) is 13.2 Å². The average Bonchev–Trinajstić information content (AvgIpc) is 2.34. The van der Waals surface area contributed by atoms with Crippen molar-refractivity contribution in [2.45, 2.75) is 32.2 Å². The predicted octanol–water partition coefficient (Wildman–Crippen LogP) is 2.96. The molecule has 1 rings (SSSR count). The Bertz CT molecular complexity index is 445. The van der Waals surface area contributed by atoms with Crippen molar-refractivity contribution in [1.82, 2.24) is 0 Å². The maximum absolute atomic E-state index is 12.1. The maximum atomic E-state index is 12.1. The fourth-order valence-corrected chi connectivity index (χ4v) is 1.57. The Morgan fingerprint density at radius 3 is 2.70 bits per heavy atom. The molecule has 112 valence electrons. The van der Waals surface area contributed by atoms with E-state index in [4.69, 9.17) is 4.74 Å². The predicted molar refractivity (Wildman–Crippen MR) is 64.0 cm³/mol.